The fourth-order valence-corrected chi connectivity index (χ4v) is 1.36. The molecule has 1 saturated heterocycles. The minimum atomic E-state index is -0.426. The van der Waals surface area contributed by atoms with Crippen LogP contribution in [0.2, 0.25) is 0 Å². The minimum absolute atomic E-state index is 0.0362. The molecule has 1 aliphatic heterocycles. The zero-order valence-corrected chi connectivity index (χ0v) is 7.55. The monoisotopic (exact) mass is 194 g/mol. The normalized spacial score (nSPS) is 20.2. The summed E-state index contributed by atoms with van der Waals surface area (Å²) in [6.45, 7) is 0.885. The molecule has 1 aliphatic rings. The van der Waals surface area contributed by atoms with Gasteiger partial charge in [-0.1, -0.05) is 0 Å². The Labute approximate surface area is 80.4 Å². The summed E-state index contributed by atoms with van der Waals surface area (Å²) in [7, 11) is 0. The molecule has 74 valence electrons. The Morgan fingerprint density at radius 2 is 2.29 bits per heavy atom. The van der Waals surface area contributed by atoms with Crippen LogP contribution in [0.4, 0.5) is 4.39 Å². The van der Waals surface area contributed by atoms with Crippen molar-refractivity contribution in [2.75, 3.05) is 6.54 Å². The van der Waals surface area contributed by atoms with E-state index in [0.717, 1.165) is 13.0 Å². The maximum Gasteiger partial charge on any atom is 0.140 e. The van der Waals surface area contributed by atoms with E-state index in [1.54, 1.807) is 0 Å². The molecule has 0 bridgehead atoms. The Morgan fingerprint density at radius 1 is 1.57 bits per heavy atom. The molecule has 1 atom stereocenters. The van der Waals surface area contributed by atoms with Gasteiger partial charge < -0.3 is 5.32 Å². The van der Waals surface area contributed by atoms with Crippen molar-refractivity contribution in [2.45, 2.75) is 12.5 Å². The van der Waals surface area contributed by atoms with Gasteiger partial charge in [0.1, 0.15) is 17.1 Å². The molecule has 0 amide bonds. The maximum atomic E-state index is 12.9. The van der Waals surface area contributed by atoms with Crippen LogP contribution in [0.25, 0.3) is 0 Å². The lowest BCUT2D eigenvalue weighted by Crippen LogP contribution is -2.52. The Morgan fingerprint density at radius 3 is 2.86 bits per heavy atom. The van der Waals surface area contributed by atoms with E-state index in [9.17, 15) is 4.39 Å². The van der Waals surface area contributed by atoms with Crippen molar-refractivity contribution in [1.82, 2.24) is 9.88 Å². The molecule has 0 radical (unpaired) electrons. The highest BCUT2D eigenvalue weighted by atomic mass is 19.1. The molecule has 3 N–H and O–H groups in total. The Bertz CT molecular complexity index is 419. The van der Waals surface area contributed by atoms with Crippen molar-refractivity contribution in [3.63, 3.8) is 0 Å². The number of nitrogens with zero attached hydrogens (tertiary/aromatic N) is 1. The van der Waals surface area contributed by atoms with E-state index < -0.39 is 5.82 Å². The fourth-order valence-electron chi connectivity index (χ4n) is 1.36. The summed E-state index contributed by atoms with van der Waals surface area (Å²) in [5.74, 6) is -0.189. The molecule has 0 aromatic carbocycles. The quantitative estimate of drug-likeness (QED) is 0.436. The van der Waals surface area contributed by atoms with Crippen LogP contribution in [-0.4, -0.2) is 23.0 Å². The molecule has 5 heteroatoms. The Kier molecular flexibility index (Phi) is 2.17. The van der Waals surface area contributed by atoms with Crippen LogP contribution in [0.3, 0.4) is 0 Å². The molecule has 4 nitrogen and oxygen atoms in total. The highest BCUT2D eigenvalue weighted by molar-refractivity contribution is 5.87. The molecular weight excluding hydrogens is 183 g/mol. The van der Waals surface area contributed by atoms with Crippen LogP contribution in [-0.2, 0) is 0 Å². The van der Waals surface area contributed by atoms with Gasteiger partial charge in [-0.25, -0.2) is 4.39 Å². The zero-order valence-electron chi connectivity index (χ0n) is 7.55. The second-order valence-corrected chi connectivity index (χ2v) is 3.28. The molecule has 1 aromatic rings. The molecule has 0 spiro atoms. The predicted octanol–water partition coefficient (Wildman–Crippen LogP) is 0.294. The molecule has 1 aromatic heterocycles. The van der Waals surface area contributed by atoms with E-state index in [2.05, 4.69) is 5.32 Å². The van der Waals surface area contributed by atoms with Crippen molar-refractivity contribution in [3.8, 4) is 0 Å². The van der Waals surface area contributed by atoms with Crippen molar-refractivity contribution < 1.29 is 4.39 Å². The molecule has 2 heterocycles. The van der Waals surface area contributed by atoms with Gasteiger partial charge in [-0.15, -0.1) is 0 Å². The first-order chi connectivity index (χ1) is 6.68. The van der Waals surface area contributed by atoms with Gasteiger partial charge in [-0.3, -0.25) is 15.4 Å². The zero-order chi connectivity index (χ0) is 10.1. The number of rotatable bonds is 1. The van der Waals surface area contributed by atoms with Crippen LogP contribution < -0.4 is 10.8 Å². The number of pyridine rings is 1. The predicted molar refractivity (Wildman–Crippen MR) is 49.8 cm³/mol. The summed E-state index contributed by atoms with van der Waals surface area (Å²) in [6, 6.07) is 2.54. The number of hydrogen-bond donors (Lipinski definition) is 3. The van der Waals surface area contributed by atoms with E-state index >= 15 is 0 Å². The summed E-state index contributed by atoms with van der Waals surface area (Å²) in [4.78, 5) is 0. The molecular formula is C9H11FN4. The number of nitrogens with one attached hydrogen (secondary N) is 3. The van der Waals surface area contributed by atoms with Gasteiger partial charge in [0.25, 0.3) is 0 Å². The van der Waals surface area contributed by atoms with Gasteiger partial charge in [0, 0.05) is 6.20 Å². The van der Waals surface area contributed by atoms with Gasteiger partial charge >= 0.3 is 0 Å². The average molecular weight is 194 g/mol. The maximum absolute atomic E-state index is 12.9. The van der Waals surface area contributed by atoms with E-state index in [1.807, 2.05) is 0 Å². The lowest BCUT2D eigenvalue weighted by Gasteiger charge is -2.28. The van der Waals surface area contributed by atoms with Crippen molar-refractivity contribution in [3.05, 3.63) is 29.6 Å². The summed E-state index contributed by atoms with van der Waals surface area (Å²) >= 11 is 0. The third-order valence-electron chi connectivity index (χ3n) is 2.33. The minimum Gasteiger partial charge on any atom is -0.307 e. The number of halogens is 1. The van der Waals surface area contributed by atoms with Crippen LogP contribution in [0, 0.1) is 16.6 Å². The Balaban J connectivity index is 2.34. The SMILES string of the molecule is N=C([C@@H]1CCN1)n1cc(F)ccc1=N. The van der Waals surface area contributed by atoms with Crippen molar-refractivity contribution in [2.24, 2.45) is 0 Å². The van der Waals surface area contributed by atoms with Gasteiger partial charge in [-0.2, -0.15) is 0 Å². The summed E-state index contributed by atoms with van der Waals surface area (Å²) in [5, 5.41) is 18.3. The smallest absolute Gasteiger partial charge is 0.140 e. The van der Waals surface area contributed by atoms with Crippen LogP contribution in [0.1, 0.15) is 6.42 Å². The van der Waals surface area contributed by atoms with Crippen molar-refractivity contribution in [1.29, 1.82) is 10.8 Å². The molecule has 1 fully saturated rings. The average Bonchev–Trinajstić information content (AvgIpc) is 2.06. The third-order valence-corrected chi connectivity index (χ3v) is 2.33. The largest absolute Gasteiger partial charge is 0.307 e. The van der Waals surface area contributed by atoms with E-state index in [0.29, 0.717) is 0 Å². The Hall–Kier alpha value is -1.49. The van der Waals surface area contributed by atoms with E-state index in [-0.39, 0.29) is 17.4 Å². The highest BCUT2D eigenvalue weighted by Gasteiger charge is 2.22. The summed E-state index contributed by atoms with van der Waals surface area (Å²) < 4.78 is 14.1. The first-order valence-corrected chi connectivity index (χ1v) is 4.43. The number of aromatic nitrogens is 1. The van der Waals surface area contributed by atoms with E-state index in [1.165, 1.54) is 22.9 Å². The molecule has 2 rings (SSSR count). The van der Waals surface area contributed by atoms with Crippen LogP contribution in [0.5, 0.6) is 0 Å². The van der Waals surface area contributed by atoms with Gasteiger partial charge in [-0.05, 0) is 25.1 Å². The first-order valence-electron chi connectivity index (χ1n) is 4.43. The summed E-state index contributed by atoms with van der Waals surface area (Å²) in [5.41, 5.74) is 0.130. The standard InChI is InChI=1S/C9H11FN4/c10-6-1-2-8(11)14(5-6)9(12)7-3-4-13-7/h1-2,5,7,11-13H,3-4H2/t7-/m0/s1. The highest BCUT2D eigenvalue weighted by Crippen LogP contribution is 2.04. The van der Waals surface area contributed by atoms with Crippen molar-refractivity contribution >= 4 is 5.84 Å². The lowest BCUT2D eigenvalue weighted by atomic mass is 10.1. The first kappa shape index (κ1) is 9.08. The van der Waals surface area contributed by atoms with Gasteiger partial charge in [0.2, 0.25) is 0 Å². The summed E-state index contributed by atoms with van der Waals surface area (Å²) in [6.07, 6.45) is 2.05. The van der Waals surface area contributed by atoms with Crippen LogP contribution >= 0.6 is 0 Å². The fraction of sp³-hybridized carbons (Fsp3) is 0.333. The third kappa shape index (κ3) is 1.46. The molecule has 0 saturated carbocycles. The number of hydrogen-bond acceptors (Lipinski definition) is 3. The van der Waals surface area contributed by atoms with E-state index in [4.69, 9.17) is 10.8 Å². The topological polar surface area (TPSA) is 64.7 Å². The molecule has 14 heavy (non-hydrogen) atoms. The lowest BCUT2D eigenvalue weighted by molar-refractivity contribution is 0.448. The van der Waals surface area contributed by atoms with Crippen LogP contribution in [0.15, 0.2) is 18.3 Å². The second kappa shape index (κ2) is 3.34. The van der Waals surface area contributed by atoms with Gasteiger partial charge in [0.05, 0.1) is 6.04 Å². The van der Waals surface area contributed by atoms with Gasteiger partial charge in [0.15, 0.2) is 0 Å². The second-order valence-electron chi connectivity index (χ2n) is 3.28. The molecule has 0 unspecified atom stereocenters. The molecule has 0 aliphatic carbocycles.